The molecule has 0 saturated carbocycles. The molecule has 0 N–H and O–H groups in total. The van der Waals surface area contributed by atoms with Gasteiger partial charge in [-0.1, -0.05) is 39.7 Å². The summed E-state index contributed by atoms with van der Waals surface area (Å²) in [4.78, 5) is 0. The van der Waals surface area contributed by atoms with E-state index in [9.17, 15) is 0 Å². The Bertz CT molecular complexity index is 217. The number of allylic oxidation sites excluding steroid dienone is 2. The van der Waals surface area contributed by atoms with Gasteiger partial charge in [-0.25, -0.2) is 0 Å². The molecular weight excluding hydrogens is 224 g/mol. The molecule has 0 spiro atoms. The Hall–Kier alpha value is 0.750. The maximum absolute atomic E-state index is 5.41. The molecule has 0 aliphatic carbocycles. The van der Waals surface area contributed by atoms with E-state index in [-0.39, 0.29) is 9.45 Å². The maximum atomic E-state index is 5.41. The van der Waals surface area contributed by atoms with E-state index in [1.165, 1.54) is 22.8 Å². The van der Waals surface area contributed by atoms with Crippen molar-refractivity contribution >= 4 is 42.2 Å². The molecule has 68 valence electrons. The fourth-order valence-electron chi connectivity index (χ4n) is 0.743. The second kappa shape index (κ2) is 6.24. The quantitative estimate of drug-likeness (QED) is 0.684. The summed E-state index contributed by atoms with van der Waals surface area (Å²) in [6.45, 7) is 2.21. The first kappa shape index (κ1) is 10.8. The normalized spacial score (nSPS) is 18.9. The molecule has 1 heterocycles. The minimum Gasteiger partial charge on any atom is -0.0827 e. The zero-order valence-corrected chi connectivity index (χ0v) is 10.3. The Morgan fingerprint density at radius 1 is 1.58 bits per heavy atom. The molecule has 0 aromatic heterocycles. The molecule has 1 aliphatic rings. The molecular formula is C8H12S4. The van der Waals surface area contributed by atoms with Gasteiger partial charge < -0.3 is 0 Å². The van der Waals surface area contributed by atoms with Crippen LogP contribution in [-0.2, 0) is 20.6 Å². The van der Waals surface area contributed by atoms with E-state index in [0.29, 0.717) is 0 Å². The van der Waals surface area contributed by atoms with E-state index >= 15 is 0 Å². The average molecular weight is 236 g/mol. The Kier molecular flexibility index (Phi) is 5.63. The third kappa shape index (κ3) is 3.64. The lowest BCUT2D eigenvalue weighted by molar-refractivity contribution is 0.896. The largest absolute Gasteiger partial charge is 0.0827 e. The predicted molar refractivity (Wildman–Crippen MR) is 66.9 cm³/mol. The van der Waals surface area contributed by atoms with Crippen molar-refractivity contribution < 1.29 is 0 Å². The van der Waals surface area contributed by atoms with Gasteiger partial charge in [0.05, 0.1) is 4.24 Å². The van der Waals surface area contributed by atoms with Gasteiger partial charge >= 0.3 is 0 Å². The van der Waals surface area contributed by atoms with Crippen molar-refractivity contribution in [3.8, 4) is 0 Å². The number of hydrogen-bond acceptors (Lipinski definition) is 3. The zero-order valence-electron chi connectivity index (χ0n) is 6.99. The van der Waals surface area contributed by atoms with E-state index < -0.39 is 0 Å². The van der Waals surface area contributed by atoms with Gasteiger partial charge in [-0.3, -0.25) is 0 Å². The highest BCUT2D eigenvalue weighted by Crippen LogP contribution is 2.36. The van der Waals surface area contributed by atoms with Gasteiger partial charge in [0.1, 0.15) is 0 Å². The second-order valence-electron chi connectivity index (χ2n) is 2.40. The topological polar surface area (TPSA) is 0 Å². The lowest BCUT2D eigenvalue weighted by Crippen LogP contribution is -1.96. The van der Waals surface area contributed by atoms with E-state index in [1.807, 2.05) is 10.8 Å². The van der Waals surface area contributed by atoms with Crippen LogP contribution in [0.1, 0.15) is 19.8 Å². The molecule has 0 saturated heterocycles. The van der Waals surface area contributed by atoms with Crippen LogP contribution < -0.4 is 0 Å². The first-order chi connectivity index (χ1) is 5.84. The standard InChI is InChI=1S/C8H12S4/c1-2-3-7-12(9)8-5-4-6-10-11-8/h4-6H,2-3,7H2,1H3. The fourth-order valence-corrected chi connectivity index (χ4v) is 5.82. The molecule has 1 atom stereocenters. The third-order valence-electron chi connectivity index (χ3n) is 1.40. The first-order valence-electron chi connectivity index (χ1n) is 3.93. The summed E-state index contributed by atoms with van der Waals surface area (Å²) < 4.78 is 1.38. The van der Waals surface area contributed by atoms with Gasteiger partial charge in [0.15, 0.2) is 0 Å². The summed E-state index contributed by atoms with van der Waals surface area (Å²) in [5, 5.41) is 2.10. The Morgan fingerprint density at radius 2 is 2.42 bits per heavy atom. The van der Waals surface area contributed by atoms with Crippen LogP contribution in [0.2, 0.25) is 0 Å². The Morgan fingerprint density at radius 3 is 3.00 bits per heavy atom. The van der Waals surface area contributed by atoms with E-state index in [4.69, 9.17) is 11.2 Å². The molecule has 0 nitrogen and oxygen atoms in total. The van der Waals surface area contributed by atoms with Gasteiger partial charge in [0.2, 0.25) is 0 Å². The van der Waals surface area contributed by atoms with E-state index in [0.717, 1.165) is 0 Å². The van der Waals surface area contributed by atoms with Crippen LogP contribution in [0.4, 0.5) is 0 Å². The van der Waals surface area contributed by atoms with Crippen molar-refractivity contribution in [1.82, 2.24) is 0 Å². The Balaban J connectivity index is 2.40. The molecule has 4 heteroatoms. The third-order valence-corrected chi connectivity index (χ3v) is 7.00. The van der Waals surface area contributed by atoms with Crippen LogP contribution in [0.3, 0.4) is 0 Å². The maximum Gasteiger partial charge on any atom is 0.0557 e. The summed E-state index contributed by atoms with van der Waals surface area (Å²) in [7, 11) is 3.67. The highest BCUT2D eigenvalue weighted by molar-refractivity contribution is 8.81. The summed E-state index contributed by atoms with van der Waals surface area (Å²) in [5.41, 5.74) is 0. The molecule has 0 radical (unpaired) electrons. The molecule has 0 fully saturated rings. The molecule has 1 unspecified atom stereocenters. The van der Waals surface area contributed by atoms with Crippen molar-refractivity contribution in [3.05, 3.63) is 21.8 Å². The van der Waals surface area contributed by atoms with E-state index in [1.54, 1.807) is 10.8 Å². The van der Waals surface area contributed by atoms with Crippen LogP contribution in [0.5, 0.6) is 0 Å². The first-order valence-corrected chi connectivity index (χ1v) is 8.46. The number of hydrogen-bond donors (Lipinski definition) is 0. The van der Waals surface area contributed by atoms with Crippen LogP contribution >= 0.6 is 21.6 Å². The summed E-state index contributed by atoms with van der Waals surface area (Å²) in [6.07, 6.45) is 6.77. The van der Waals surface area contributed by atoms with Crippen molar-refractivity contribution in [2.45, 2.75) is 19.8 Å². The fraction of sp³-hybridized carbons (Fsp3) is 0.500. The van der Waals surface area contributed by atoms with Crippen molar-refractivity contribution in [2.24, 2.45) is 0 Å². The predicted octanol–water partition coefficient (Wildman–Crippen LogP) is 3.62. The van der Waals surface area contributed by atoms with Crippen LogP contribution in [0.15, 0.2) is 21.8 Å². The zero-order chi connectivity index (χ0) is 8.81. The molecule has 0 aromatic rings. The summed E-state index contributed by atoms with van der Waals surface area (Å²) >= 11 is 5.41. The minimum atomic E-state index is 0.0790. The van der Waals surface area contributed by atoms with Gasteiger partial charge in [0, 0.05) is 5.75 Å². The summed E-state index contributed by atoms with van der Waals surface area (Å²) in [6, 6.07) is 0. The highest BCUT2D eigenvalue weighted by Gasteiger charge is 2.05. The summed E-state index contributed by atoms with van der Waals surface area (Å²) in [5.74, 6) is 1.18. The molecule has 1 rings (SSSR count). The lowest BCUT2D eigenvalue weighted by Gasteiger charge is -2.09. The SMILES string of the molecule is CCCCS(=S)C1=CC=CSS1. The van der Waals surface area contributed by atoms with Crippen LogP contribution in [-0.4, -0.2) is 5.75 Å². The Labute approximate surface area is 89.3 Å². The smallest absolute Gasteiger partial charge is 0.0557 e. The molecule has 0 aromatic carbocycles. The minimum absolute atomic E-state index is 0.0790. The monoisotopic (exact) mass is 236 g/mol. The van der Waals surface area contributed by atoms with Gasteiger partial charge in [-0.05, 0) is 39.9 Å². The van der Waals surface area contributed by atoms with Gasteiger partial charge in [-0.15, -0.1) is 0 Å². The number of unbranched alkanes of at least 4 members (excludes halogenated alkanes) is 1. The highest BCUT2D eigenvalue weighted by atomic mass is 33.1. The lowest BCUT2D eigenvalue weighted by atomic mass is 10.4. The molecule has 12 heavy (non-hydrogen) atoms. The molecule has 0 bridgehead atoms. The van der Waals surface area contributed by atoms with Gasteiger partial charge in [0.25, 0.3) is 0 Å². The van der Waals surface area contributed by atoms with Gasteiger partial charge in [-0.2, -0.15) is 0 Å². The van der Waals surface area contributed by atoms with Crippen LogP contribution in [0, 0.1) is 0 Å². The van der Waals surface area contributed by atoms with Crippen LogP contribution in [0.25, 0.3) is 0 Å². The second-order valence-corrected chi connectivity index (χ2v) is 7.55. The average Bonchev–Trinajstić information content (AvgIpc) is 2.15. The van der Waals surface area contributed by atoms with Crippen molar-refractivity contribution in [2.75, 3.05) is 5.75 Å². The van der Waals surface area contributed by atoms with Crippen molar-refractivity contribution in [3.63, 3.8) is 0 Å². The number of rotatable bonds is 4. The molecule has 0 amide bonds. The van der Waals surface area contributed by atoms with E-state index in [2.05, 4.69) is 24.5 Å². The van der Waals surface area contributed by atoms with Crippen molar-refractivity contribution in [1.29, 1.82) is 0 Å². The molecule has 1 aliphatic heterocycles.